The van der Waals surface area contributed by atoms with Gasteiger partial charge in [-0.2, -0.15) is 0 Å². The Labute approximate surface area is 125 Å². The molecule has 3 rings (SSSR count). The van der Waals surface area contributed by atoms with Gasteiger partial charge in [0.2, 0.25) is 0 Å². The van der Waals surface area contributed by atoms with Crippen molar-refractivity contribution in [3.05, 3.63) is 27.1 Å². The number of nitrogens with zero attached hydrogens (tertiary/aromatic N) is 1. The minimum atomic E-state index is 0.607. The van der Waals surface area contributed by atoms with Crippen molar-refractivity contribution in [2.45, 2.75) is 37.8 Å². The lowest BCUT2D eigenvalue weighted by Gasteiger charge is -2.33. The first-order valence-electron chi connectivity index (χ1n) is 6.70. The lowest BCUT2D eigenvalue weighted by atomic mass is 9.99. The number of fused-ring (bicyclic) bond motifs is 1. The van der Waals surface area contributed by atoms with E-state index in [-0.39, 0.29) is 0 Å². The molecule has 4 heteroatoms. The molecule has 1 N–H and O–H groups in total. The van der Waals surface area contributed by atoms with Gasteiger partial charge in [0.25, 0.3) is 0 Å². The second-order valence-electron chi connectivity index (χ2n) is 5.26. The number of piperidine rings is 1. The molecular weight excluding hydrogens is 356 g/mol. The molecule has 2 unspecified atom stereocenters. The Hall–Kier alpha value is -0.0600. The third-order valence-electron chi connectivity index (χ3n) is 4.13. The summed E-state index contributed by atoms with van der Waals surface area (Å²) in [5.41, 5.74) is 1.21. The number of hydrogen-bond donors (Lipinski definition) is 1. The second kappa shape index (κ2) is 5.51. The highest BCUT2D eigenvalue weighted by Crippen LogP contribution is 2.32. The van der Waals surface area contributed by atoms with Gasteiger partial charge in [0, 0.05) is 33.3 Å². The number of benzene rings is 1. The van der Waals surface area contributed by atoms with Crippen LogP contribution < -0.4 is 5.32 Å². The van der Waals surface area contributed by atoms with Crippen LogP contribution in [-0.2, 0) is 0 Å². The molecular formula is C14H18Br2N2. The van der Waals surface area contributed by atoms with Gasteiger partial charge >= 0.3 is 0 Å². The molecule has 2 fully saturated rings. The first-order chi connectivity index (χ1) is 8.74. The molecule has 0 saturated carbocycles. The quantitative estimate of drug-likeness (QED) is 0.833. The highest BCUT2D eigenvalue weighted by molar-refractivity contribution is 9.11. The molecule has 0 amide bonds. The van der Waals surface area contributed by atoms with Gasteiger partial charge in [-0.25, -0.2) is 0 Å². The fourth-order valence-electron chi connectivity index (χ4n) is 3.22. The van der Waals surface area contributed by atoms with Gasteiger partial charge in [-0.15, -0.1) is 0 Å². The van der Waals surface area contributed by atoms with Gasteiger partial charge in [0.05, 0.1) is 0 Å². The van der Waals surface area contributed by atoms with Gasteiger partial charge in [0.15, 0.2) is 0 Å². The molecule has 2 nitrogen and oxygen atoms in total. The van der Waals surface area contributed by atoms with Crippen LogP contribution in [-0.4, -0.2) is 30.1 Å². The SMILES string of the molecule is Brc1ccc(Br)c(NC2CCN3CCCCC23)c1. The first kappa shape index (κ1) is 12.9. The highest BCUT2D eigenvalue weighted by atomic mass is 79.9. The summed E-state index contributed by atoms with van der Waals surface area (Å²) in [6, 6.07) is 7.67. The summed E-state index contributed by atoms with van der Waals surface area (Å²) >= 11 is 7.17. The summed E-state index contributed by atoms with van der Waals surface area (Å²) in [5.74, 6) is 0. The largest absolute Gasteiger partial charge is 0.380 e. The summed E-state index contributed by atoms with van der Waals surface area (Å²) < 4.78 is 2.28. The van der Waals surface area contributed by atoms with Crippen LogP contribution in [0, 0.1) is 0 Å². The number of rotatable bonds is 2. The molecule has 0 bridgehead atoms. The zero-order valence-corrected chi connectivity index (χ0v) is 13.5. The van der Waals surface area contributed by atoms with E-state index in [0.717, 1.165) is 15.0 Å². The van der Waals surface area contributed by atoms with E-state index in [1.54, 1.807) is 0 Å². The topological polar surface area (TPSA) is 15.3 Å². The molecule has 2 atom stereocenters. The van der Waals surface area contributed by atoms with Gasteiger partial charge in [-0.05, 0) is 59.9 Å². The van der Waals surface area contributed by atoms with Crippen LogP contribution in [0.4, 0.5) is 5.69 Å². The molecule has 0 aliphatic carbocycles. The summed E-state index contributed by atoms with van der Waals surface area (Å²) in [6.45, 7) is 2.55. The van der Waals surface area contributed by atoms with Crippen molar-refractivity contribution in [3.8, 4) is 0 Å². The normalized spacial score (nSPS) is 28.1. The maximum atomic E-state index is 3.73. The average Bonchev–Trinajstić information content (AvgIpc) is 2.78. The Morgan fingerprint density at radius 1 is 1.11 bits per heavy atom. The Kier molecular flexibility index (Phi) is 3.97. The molecule has 2 aliphatic rings. The van der Waals surface area contributed by atoms with E-state index in [4.69, 9.17) is 0 Å². The fraction of sp³-hybridized carbons (Fsp3) is 0.571. The van der Waals surface area contributed by atoms with Crippen molar-refractivity contribution in [3.63, 3.8) is 0 Å². The van der Waals surface area contributed by atoms with Crippen LogP contribution in [0.25, 0.3) is 0 Å². The van der Waals surface area contributed by atoms with Gasteiger partial charge in [-0.3, -0.25) is 4.90 Å². The van der Waals surface area contributed by atoms with Gasteiger partial charge in [-0.1, -0.05) is 22.4 Å². The van der Waals surface area contributed by atoms with Crippen LogP contribution in [0.1, 0.15) is 25.7 Å². The molecule has 98 valence electrons. The molecule has 18 heavy (non-hydrogen) atoms. The zero-order valence-electron chi connectivity index (χ0n) is 10.3. The molecule has 2 aliphatic heterocycles. The van der Waals surface area contributed by atoms with E-state index < -0.39 is 0 Å². The monoisotopic (exact) mass is 372 g/mol. The molecule has 2 saturated heterocycles. The molecule has 0 aromatic heterocycles. The van der Waals surface area contributed by atoms with Crippen molar-refractivity contribution in [2.75, 3.05) is 18.4 Å². The van der Waals surface area contributed by atoms with E-state index >= 15 is 0 Å². The number of hydrogen-bond acceptors (Lipinski definition) is 2. The predicted molar refractivity (Wildman–Crippen MR) is 83.1 cm³/mol. The van der Waals surface area contributed by atoms with Gasteiger partial charge < -0.3 is 5.32 Å². The van der Waals surface area contributed by atoms with Gasteiger partial charge in [0.1, 0.15) is 0 Å². The standard InChI is InChI=1S/C14H18Br2N2/c15-10-4-5-11(16)13(9-10)17-12-6-8-18-7-2-1-3-14(12)18/h4-5,9,12,14,17H,1-3,6-8H2. The number of nitrogens with one attached hydrogen (secondary N) is 1. The lowest BCUT2D eigenvalue weighted by Crippen LogP contribution is -2.41. The van der Waals surface area contributed by atoms with Crippen molar-refractivity contribution in [1.29, 1.82) is 0 Å². The smallest absolute Gasteiger partial charge is 0.0498 e. The third kappa shape index (κ3) is 2.61. The summed E-state index contributed by atoms with van der Waals surface area (Å²) in [7, 11) is 0. The second-order valence-corrected chi connectivity index (χ2v) is 7.03. The maximum absolute atomic E-state index is 3.73. The van der Waals surface area contributed by atoms with Crippen LogP contribution in [0.5, 0.6) is 0 Å². The Balaban J connectivity index is 1.74. The lowest BCUT2D eigenvalue weighted by molar-refractivity contribution is 0.193. The summed E-state index contributed by atoms with van der Waals surface area (Å²) in [4.78, 5) is 2.66. The first-order valence-corrected chi connectivity index (χ1v) is 8.28. The minimum Gasteiger partial charge on any atom is -0.380 e. The number of anilines is 1. The van der Waals surface area contributed by atoms with Crippen molar-refractivity contribution >= 4 is 37.5 Å². The van der Waals surface area contributed by atoms with E-state index in [2.05, 4.69) is 60.3 Å². The molecule has 0 radical (unpaired) electrons. The van der Waals surface area contributed by atoms with E-state index in [1.807, 2.05) is 0 Å². The Bertz CT molecular complexity index is 436. The average molecular weight is 374 g/mol. The Morgan fingerprint density at radius 2 is 2.00 bits per heavy atom. The van der Waals surface area contributed by atoms with Crippen molar-refractivity contribution in [1.82, 2.24) is 4.90 Å². The summed E-state index contributed by atoms with van der Waals surface area (Å²) in [5, 5.41) is 3.73. The molecule has 1 aromatic rings. The predicted octanol–water partition coefficient (Wildman–Crippen LogP) is 4.25. The minimum absolute atomic E-state index is 0.607. The van der Waals surface area contributed by atoms with Crippen LogP contribution >= 0.6 is 31.9 Å². The van der Waals surface area contributed by atoms with Crippen molar-refractivity contribution < 1.29 is 0 Å². The van der Waals surface area contributed by atoms with Crippen molar-refractivity contribution in [2.24, 2.45) is 0 Å². The van der Waals surface area contributed by atoms with Crippen LogP contribution in [0.3, 0.4) is 0 Å². The highest BCUT2D eigenvalue weighted by Gasteiger charge is 2.35. The molecule has 1 aromatic carbocycles. The molecule has 0 spiro atoms. The Morgan fingerprint density at radius 3 is 2.89 bits per heavy atom. The fourth-order valence-corrected chi connectivity index (χ4v) is 3.95. The maximum Gasteiger partial charge on any atom is 0.0498 e. The molecule has 2 heterocycles. The third-order valence-corrected chi connectivity index (χ3v) is 5.31. The number of halogens is 2. The van der Waals surface area contributed by atoms with E-state index in [1.165, 1.54) is 44.5 Å². The summed E-state index contributed by atoms with van der Waals surface area (Å²) in [6.07, 6.45) is 5.38. The van der Waals surface area contributed by atoms with E-state index in [9.17, 15) is 0 Å². The van der Waals surface area contributed by atoms with Crippen LogP contribution in [0.15, 0.2) is 27.1 Å². The van der Waals surface area contributed by atoms with Crippen LogP contribution in [0.2, 0.25) is 0 Å². The zero-order chi connectivity index (χ0) is 12.5. The van der Waals surface area contributed by atoms with E-state index in [0.29, 0.717) is 6.04 Å².